The van der Waals surface area contributed by atoms with Crippen LogP contribution >= 0.6 is 23.9 Å². The molecule has 0 aromatic heterocycles. The third-order valence-electron chi connectivity index (χ3n) is 4.70. The second-order valence-electron chi connectivity index (χ2n) is 6.95. The molecule has 0 radical (unpaired) electrons. The molecule has 0 bridgehead atoms. The fraction of sp³-hybridized carbons (Fsp3) is 0.107. The molecule has 0 aliphatic heterocycles. The molecular formula is C28H25BrNP. The average Bonchev–Trinajstić information content (AvgIpc) is 2.85. The third-order valence-corrected chi connectivity index (χ3v) is 7.70. The molecule has 0 unspecified atom stereocenters. The quantitative estimate of drug-likeness (QED) is 0.231. The number of rotatable bonds is 6. The van der Waals surface area contributed by atoms with Gasteiger partial charge in [0.1, 0.15) is 0 Å². The first-order valence-electron chi connectivity index (χ1n) is 10.3. The van der Waals surface area contributed by atoms with E-state index < -0.39 is 7.92 Å². The van der Waals surface area contributed by atoms with Crippen LogP contribution in [0.2, 0.25) is 0 Å². The van der Waals surface area contributed by atoms with E-state index in [1.807, 2.05) is 18.2 Å². The van der Waals surface area contributed by atoms with Gasteiger partial charge in [0, 0.05) is 5.33 Å². The number of benzene rings is 4. The summed E-state index contributed by atoms with van der Waals surface area (Å²) < 4.78 is 0. The van der Waals surface area contributed by atoms with E-state index in [0.717, 1.165) is 23.7 Å². The van der Waals surface area contributed by atoms with E-state index in [1.54, 1.807) is 0 Å². The minimum Gasteiger partial charge on any atom is -0.192 e. The van der Waals surface area contributed by atoms with Gasteiger partial charge in [0.15, 0.2) is 0 Å². The van der Waals surface area contributed by atoms with Crippen LogP contribution in [0.1, 0.15) is 17.5 Å². The smallest absolute Gasteiger partial charge is 0.0991 e. The summed E-state index contributed by atoms with van der Waals surface area (Å²) in [6, 6.07) is 42.2. The fourth-order valence-corrected chi connectivity index (χ4v) is 5.83. The maximum atomic E-state index is 8.63. The van der Waals surface area contributed by atoms with Crippen LogP contribution in [0.5, 0.6) is 0 Å². The fourth-order valence-electron chi connectivity index (χ4n) is 3.25. The Morgan fingerprint density at radius 3 is 1.55 bits per heavy atom. The maximum Gasteiger partial charge on any atom is 0.0991 e. The standard InChI is InChI=1S/C18H15P.C10H10BrN/c1-4-10-16(11-5-1)19(17-12-6-2-7-13-17)18-14-8-3-9-15-18;11-6-2-5-9-3-1-4-10(7-9)8-12/h1-15H;1,3-4,7H,2,5-6H2. The topological polar surface area (TPSA) is 23.8 Å². The molecule has 4 aromatic rings. The second-order valence-corrected chi connectivity index (χ2v) is 9.96. The van der Waals surface area contributed by atoms with Crippen molar-refractivity contribution in [3.05, 3.63) is 126 Å². The molecule has 0 heterocycles. The SMILES string of the molecule is N#Cc1cccc(CCCBr)c1.c1ccc(P(c2ccccc2)c2ccccc2)cc1. The lowest BCUT2D eigenvalue weighted by Gasteiger charge is -2.18. The van der Waals surface area contributed by atoms with Crippen molar-refractivity contribution in [2.75, 3.05) is 5.33 Å². The van der Waals surface area contributed by atoms with Crippen molar-refractivity contribution in [3.8, 4) is 6.07 Å². The number of hydrogen-bond acceptors (Lipinski definition) is 1. The van der Waals surface area contributed by atoms with Crippen LogP contribution in [0.3, 0.4) is 0 Å². The molecule has 0 spiro atoms. The summed E-state index contributed by atoms with van der Waals surface area (Å²) >= 11 is 3.38. The van der Waals surface area contributed by atoms with Gasteiger partial charge in [-0.25, -0.2) is 0 Å². The van der Waals surface area contributed by atoms with E-state index in [1.165, 1.54) is 21.5 Å². The molecular weight excluding hydrogens is 461 g/mol. The van der Waals surface area contributed by atoms with Crippen LogP contribution in [-0.4, -0.2) is 5.33 Å². The molecule has 31 heavy (non-hydrogen) atoms. The minimum absolute atomic E-state index is 0.446. The van der Waals surface area contributed by atoms with Crippen LogP contribution < -0.4 is 15.9 Å². The molecule has 0 aliphatic rings. The first-order valence-corrected chi connectivity index (χ1v) is 12.8. The number of alkyl halides is 1. The van der Waals surface area contributed by atoms with Crippen LogP contribution in [0, 0.1) is 11.3 Å². The summed E-state index contributed by atoms with van der Waals surface area (Å²) in [5.74, 6) is 0. The van der Waals surface area contributed by atoms with E-state index in [9.17, 15) is 0 Å². The molecule has 0 saturated carbocycles. The molecule has 154 valence electrons. The van der Waals surface area contributed by atoms with Gasteiger partial charge in [-0.1, -0.05) is 119 Å². The number of nitriles is 1. The number of halogens is 1. The minimum atomic E-state index is -0.446. The predicted molar refractivity (Wildman–Crippen MR) is 138 cm³/mol. The lowest BCUT2D eigenvalue weighted by molar-refractivity contribution is 0.939. The molecule has 0 aliphatic carbocycles. The highest BCUT2D eigenvalue weighted by molar-refractivity contribution is 9.09. The summed E-state index contributed by atoms with van der Waals surface area (Å²) in [6.07, 6.45) is 2.16. The van der Waals surface area contributed by atoms with Crippen molar-refractivity contribution in [2.45, 2.75) is 12.8 Å². The van der Waals surface area contributed by atoms with E-state index in [-0.39, 0.29) is 0 Å². The Labute approximate surface area is 195 Å². The van der Waals surface area contributed by atoms with Gasteiger partial charge in [-0.3, -0.25) is 0 Å². The largest absolute Gasteiger partial charge is 0.192 e. The van der Waals surface area contributed by atoms with Gasteiger partial charge >= 0.3 is 0 Å². The Morgan fingerprint density at radius 1 is 0.645 bits per heavy atom. The van der Waals surface area contributed by atoms with Crippen LogP contribution in [0.15, 0.2) is 115 Å². The van der Waals surface area contributed by atoms with E-state index in [2.05, 4.69) is 119 Å². The van der Waals surface area contributed by atoms with Gasteiger partial charge in [-0.15, -0.1) is 0 Å². The predicted octanol–water partition coefficient (Wildman–Crippen LogP) is 6.33. The highest BCUT2D eigenvalue weighted by Gasteiger charge is 2.14. The Bertz CT molecular complexity index is 982. The summed E-state index contributed by atoms with van der Waals surface area (Å²) in [4.78, 5) is 0. The zero-order valence-electron chi connectivity index (χ0n) is 17.4. The zero-order valence-corrected chi connectivity index (χ0v) is 19.8. The lowest BCUT2D eigenvalue weighted by atomic mass is 10.1. The van der Waals surface area contributed by atoms with E-state index in [4.69, 9.17) is 5.26 Å². The molecule has 0 atom stereocenters. The molecule has 1 nitrogen and oxygen atoms in total. The van der Waals surface area contributed by atoms with Crippen molar-refractivity contribution in [1.82, 2.24) is 0 Å². The highest BCUT2D eigenvalue weighted by atomic mass is 79.9. The molecule has 0 amide bonds. The van der Waals surface area contributed by atoms with Gasteiger partial charge < -0.3 is 0 Å². The molecule has 4 aromatic carbocycles. The average molecular weight is 486 g/mol. The first-order chi connectivity index (χ1) is 15.3. The molecule has 0 N–H and O–H groups in total. The Morgan fingerprint density at radius 2 is 1.13 bits per heavy atom. The first kappa shape index (κ1) is 23.0. The van der Waals surface area contributed by atoms with Crippen LogP contribution in [-0.2, 0) is 6.42 Å². The van der Waals surface area contributed by atoms with Gasteiger partial charge in [0.05, 0.1) is 11.6 Å². The Balaban J connectivity index is 0.000000196. The normalized spacial score (nSPS) is 10.1. The zero-order chi connectivity index (χ0) is 21.7. The van der Waals surface area contributed by atoms with E-state index >= 15 is 0 Å². The highest BCUT2D eigenvalue weighted by Crippen LogP contribution is 2.32. The Kier molecular flexibility index (Phi) is 9.52. The molecule has 3 heteroatoms. The van der Waals surface area contributed by atoms with Crippen molar-refractivity contribution in [2.24, 2.45) is 0 Å². The van der Waals surface area contributed by atoms with Crippen LogP contribution in [0.4, 0.5) is 0 Å². The summed E-state index contributed by atoms with van der Waals surface area (Å²) in [6.45, 7) is 0. The Hall–Kier alpha value is -2.72. The molecule has 0 saturated heterocycles. The number of nitrogens with zero attached hydrogens (tertiary/aromatic N) is 1. The molecule has 4 rings (SSSR count). The lowest BCUT2D eigenvalue weighted by Crippen LogP contribution is -2.20. The summed E-state index contributed by atoms with van der Waals surface area (Å²) in [5, 5.41) is 13.8. The maximum absolute atomic E-state index is 8.63. The number of aryl methyl sites for hydroxylation is 1. The van der Waals surface area contributed by atoms with Crippen LogP contribution in [0.25, 0.3) is 0 Å². The van der Waals surface area contributed by atoms with Gasteiger partial charge in [-0.05, 0) is 54.4 Å². The van der Waals surface area contributed by atoms with Crippen molar-refractivity contribution in [3.63, 3.8) is 0 Å². The summed E-state index contributed by atoms with van der Waals surface area (Å²) in [7, 11) is -0.446. The molecule has 0 fully saturated rings. The van der Waals surface area contributed by atoms with Crippen molar-refractivity contribution >= 4 is 39.8 Å². The van der Waals surface area contributed by atoms with Gasteiger partial charge in [-0.2, -0.15) is 5.26 Å². The van der Waals surface area contributed by atoms with E-state index in [0.29, 0.717) is 0 Å². The summed E-state index contributed by atoms with van der Waals surface area (Å²) in [5.41, 5.74) is 2.00. The van der Waals surface area contributed by atoms with Crippen molar-refractivity contribution in [1.29, 1.82) is 5.26 Å². The van der Waals surface area contributed by atoms with Crippen molar-refractivity contribution < 1.29 is 0 Å². The second kappa shape index (κ2) is 12.9. The third kappa shape index (κ3) is 7.18. The number of hydrogen-bond donors (Lipinski definition) is 0. The monoisotopic (exact) mass is 485 g/mol. The van der Waals surface area contributed by atoms with Gasteiger partial charge in [0.2, 0.25) is 0 Å². The van der Waals surface area contributed by atoms with Gasteiger partial charge in [0.25, 0.3) is 0 Å².